The molecular weight excluding hydrogens is 338 g/mol. The third-order valence-electron chi connectivity index (χ3n) is 9.42. The summed E-state index contributed by atoms with van der Waals surface area (Å²) in [7, 11) is 1.51. The molecule has 0 radical (unpaired) electrons. The maximum atomic E-state index is 12.2. The monoisotopic (exact) mass is 373 g/mol. The predicted octanol–water partition coefficient (Wildman–Crippen LogP) is 4.23. The largest absolute Gasteiger partial charge is 0.469 e. The Labute approximate surface area is 163 Å². The van der Waals surface area contributed by atoms with Gasteiger partial charge in [0.15, 0.2) is 5.78 Å². The Kier molecular flexibility index (Phi) is 4.47. The maximum absolute atomic E-state index is 12.2. The van der Waals surface area contributed by atoms with Crippen LogP contribution in [0.5, 0.6) is 0 Å². The number of ketones is 1. The molecule has 4 aliphatic carbocycles. The van der Waals surface area contributed by atoms with Crippen molar-refractivity contribution in [3.8, 4) is 0 Å². The summed E-state index contributed by atoms with van der Waals surface area (Å²) in [6, 6.07) is 0. The van der Waals surface area contributed by atoms with E-state index in [9.17, 15) is 9.59 Å². The van der Waals surface area contributed by atoms with Crippen LogP contribution in [0.1, 0.15) is 72.1 Å². The molecule has 0 saturated heterocycles. The first-order valence-corrected chi connectivity index (χ1v) is 10.8. The number of nitrogens with two attached hydrogens (primary N) is 1. The molecule has 2 N–H and O–H groups in total. The van der Waals surface area contributed by atoms with Crippen LogP contribution in [0.15, 0.2) is 11.3 Å². The van der Waals surface area contributed by atoms with Crippen molar-refractivity contribution in [1.29, 1.82) is 0 Å². The van der Waals surface area contributed by atoms with E-state index in [1.807, 2.05) is 0 Å². The summed E-state index contributed by atoms with van der Waals surface area (Å²) in [6.45, 7) is 6.88. The SMILES string of the molecule is COC(=O)C(C)[C@H]1CC[C@H]2[C@@H]3CCC4=C(N)C(=O)CC[C@]4(C)[C@H]3CC[C@]12C. The van der Waals surface area contributed by atoms with E-state index in [-0.39, 0.29) is 28.5 Å². The Hall–Kier alpha value is -1.32. The average molecular weight is 374 g/mol. The number of allylic oxidation sites excluding steroid dienone is 1. The van der Waals surface area contributed by atoms with Gasteiger partial charge in [-0.05, 0) is 85.0 Å². The van der Waals surface area contributed by atoms with E-state index in [1.54, 1.807) is 0 Å². The van der Waals surface area contributed by atoms with Crippen LogP contribution in [0.4, 0.5) is 0 Å². The van der Waals surface area contributed by atoms with Crippen LogP contribution in [0, 0.1) is 40.4 Å². The minimum atomic E-state index is -0.0524. The van der Waals surface area contributed by atoms with Gasteiger partial charge in [-0.1, -0.05) is 20.8 Å². The zero-order valence-corrected chi connectivity index (χ0v) is 17.3. The van der Waals surface area contributed by atoms with Crippen LogP contribution in [-0.4, -0.2) is 18.9 Å². The summed E-state index contributed by atoms with van der Waals surface area (Å²) in [5, 5.41) is 0. The Bertz CT molecular complexity index is 698. The fourth-order valence-corrected chi connectivity index (χ4v) is 7.97. The van der Waals surface area contributed by atoms with Crippen LogP contribution in [-0.2, 0) is 14.3 Å². The molecule has 4 nitrogen and oxygen atoms in total. The molecule has 4 rings (SSSR count). The van der Waals surface area contributed by atoms with Crippen LogP contribution in [0.2, 0.25) is 0 Å². The molecule has 1 unspecified atom stereocenters. The van der Waals surface area contributed by atoms with Gasteiger partial charge in [0, 0.05) is 6.42 Å². The Morgan fingerprint density at radius 1 is 1.11 bits per heavy atom. The second-order valence-corrected chi connectivity index (χ2v) is 10.2. The first kappa shape index (κ1) is 19.0. The molecule has 150 valence electrons. The van der Waals surface area contributed by atoms with Gasteiger partial charge < -0.3 is 10.5 Å². The highest BCUT2D eigenvalue weighted by atomic mass is 16.5. The molecule has 0 heterocycles. The zero-order chi connectivity index (χ0) is 19.6. The number of esters is 1. The van der Waals surface area contributed by atoms with Crippen molar-refractivity contribution in [2.75, 3.05) is 7.11 Å². The number of hydrogen-bond acceptors (Lipinski definition) is 4. The highest BCUT2D eigenvalue weighted by Crippen LogP contribution is 2.67. The highest BCUT2D eigenvalue weighted by Gasteiger charge is 2.60. The van der Waals surface area contributed by atoms with E-state index in [0.29, 0.717) is 35.8 Å². The molecule has 0 aromatic heterocycles. The summed E-state index contributed by atoms with van der Waals surface area (Å²) < 4.78 is 5.07. The van der Waals surface area contributed by atoms with Crippen molar-refractivity contribution < 1.29 is 14.3 Å². The minimum Gasteiger partial charge on any atom is -0.469 e. The molecule has 0 spiro atoms. The van der Waals surface area contributed by atoms with E-state index in [4.69, 9.17) is 10.5 Å². The van der Waals surface area contributed by atoms with Gasteiger partial charge >= 0.3 is 5.97 Å². The van der Waals surface area contributed by atoms with Gasteiger partial charge in [-0.3, -0.25) is 9.59 Å². The van der Waals surface area contributed by atoms with Gasteiger partial charge in [0.25, 0.3) is 0 Å². The quantitative estimate of drug-likeness (QED) is 0.736. The summed E-state index contributed by atoms with van der Waals surface area (Å²) in [5.41, 5.74) is 8.45. The Morgan fingerprint density at radius 3 is 2.56 bits per heavy atom. The molecule has 3 fully saturated rings. The van der Waals surface area contributed by atoms with Crippen LogP contribution < -0.4 is 5.73 Å². The lowest BCUT2D eigenvalue weighted by Crippen LogP contribution is -2.52. The normalized spacial score (nSPS) is 45.0. The molecule has 4 aliphatic rings. The molecule has 4 heteroatoms. The molecular formula is C23H35NO3. The second-order valence-electron chi connectivity index (χ2n) is 10.2. The van der Waals surface area contributed by atoms with Gasteiger partial charge in [0.2, 0.25) is 0 Å². The molecule has 0 aromatic carbocycles. The summed E-state index contributed by atoms with van der Waals surface area (Å²) >= 11 is 0. The van der Waals surface area contributed by atoms with Gasteiger partial charge in [0.1, 0.15) is 0 Å². The lowest BCUT2D eigenvalue weighted by molar-refractivity contribution is -0.150. The topological polar surface area (TPSA) is 69.4 Å². The standard InChI is InChI=1S/C23H35NO3/c1-13(21(26)27-4)15-7-8-16-14-5-6-18-20(24)19(25)10-12-23(18,3)17(14)9-11-22(15,16)2/h13-17H,5-12,24H2,1-4H3/t13?,14-,15+,16-,17-,22+,23+/m0/s1. The molecule has 0 bridgehead atoms. The Morgan fingerprint density at radius 2 is 1.85 bits per heavy atom. The van der Waals surface area contributed by atoms with Gasteiger partial charge in [-0.2, -0.15) is 0 Å². The number of fused-ring (bicyclic) bond motifs is 5. The lowest BCUT2D eigenvalue weighted by Gasteiger charge is -2.58. The lowest BCUT2D eigenvalue weighted by atomic mass is 9.46. The molecule has 7 atom stereocenters. The van der Waals surface area contributed by atoms with Crippen molar-refractivity contribution in [3.63, 3.8) is 0 Å². The first-order chi connectivity index (χ1) is 12.7. The van der Waals surface area contributed by atoms with Crippen molar-refractivity contribution in [2.45, 2.75) is 72.1 Å². The number of rotatable bonds is 2. The molecule has 0 aromatic rings. The summed E-state index contributed by atoms with van der Waals surface area (Å²) in [5.74, 6) is 2.55. The number of methoxy groups -OCH3 is 1. The number of hydrogen-bond donors (Lipinski definition) is 1. The molecule has 0 aliphatic heterocycles. The predicted molar refractivity (Wildman–Crippen MR) is 105 cm³/mol. The van der Waals surface area contributed by atoms with E-state index in [1.165, 1.54) is 31.9 Å². The first-order valence-electron chi connectivity index (χ1n) is 10.8. The van der Waals surface area contributed by atoms with E-state index in [0.717, 1.165) is 25.7 Å². The third kappa shape index (κ3) is 2.54. The van der Waals surface area contributed by atoms with Crippen molar-refractivity contribution in [2.24, 2.45) is 46.2 Å². The van der Waals surface area contributed by atoms with E-state index in [2.05, 4.69) is 20.8 Å². The van der Waals surface area contributed by atoms with Crippen molar-refractivity contribution in [3.05, 3.63) is 11.3 Å². The van der Waals surface area contributed by atoms with Gasteiger partial charge in [-0.25, -0.2) is 0 Å². The molecule has 27 heavy (non-hydrogen) atoms. The smallest absolute Gasteiger partial charge is 0.308 e. The van der Waals surface area contributed by atoms with Crippen LogP contribution >= 0.6 is 0 Å². The van der Waals surface area contributed by atoms with Crippen LogP contribution in [0.25, 0.3) is 0 Å². The number of ether oxygens (including phenoxy) is 1. The van der Waals surface area contributed by atoms with Gasteiger partial charge in [0.05, 0.1) is 18.7 Å². The van der Waals surface area contributed by atoms with Crippen molar-refractivity contribution >= 4 is 11.8 Å². The average Bonchev–Trinajstić information content (AvgIpc) is 3.01. The number of carbonyl (C=O) groups excluding carboxylic acids is 2. The summed E-state index contributed by atoms with van der Waals surface area (Å²) in [6.07, 6.45) is 8.47. The summed E-state index contributed by atoms with van der Waals surface area (Å²) in [4.78, 5) is 24.4. The zero-order valence-electron chi connectivity index (χ0n) is 17.3. The fraction of sp³-hybridized carbons (Fsp3) is 0.826. The third-order valence-corrected chi connectivity index (χ3v) is 9.42. The van der Waals surface area contributed by atoms with Crippen LogP contribution in [0.3, 0.4) is 0 Å². The number of Topliss-reactive ketones (excluding diaryl/α,β-unsaturated/α-hetero) is 1. The number of carbonyl (C=O) groups is 2. The van der Waals surface area contributed by atoms with E-state index >= 15 is 0 Å². The molecule has 3 saturated carbocycles. The Balaban J connectivity index is 1.63. The van der Waals surface area contributed by atoms with Crippen molar-refractivity contribution in [1.82, 2.24) is 0 Å². The molecule has 0 amide bonds. The maximum Gasteiger partial charge on any atom is 0.308 e. The highest BCUT2D eigenvalue weighted by molar-refractivity contribution is 5.96. The minimum absolute atomic E-state index is 0.0147. The second kappa shape index (κ2) is 6.35. The fourth-order valence-electron chi connectivity index (χ4n) is 7.97. The van der Waals surface area contributed by atoms with Gasteiger partial charge in [-0.15, -0.1) is 0 Å². The van der Waals surface area contributed by atoms with E-state index < -0.39 is 0 Å².